The Hall–Kier alpha value is -3.28. The number of nitrogens with one attached hydrogen (secondary N) is 2. The molecule has 1 heterocycles. The number of anilines is 1. The Bertz CT molecular complexity index is 912. The van der Waals surface area contributed by atoms with Gasteiger partial charge in [-0.2, -0.15) is 0 Å². The van der Waals surface area contributed by atoms with Crippen molar-refractivity contribution >= 4 is 11.7 Å². The van der Waals surface area contributed by atoms with Crippen LogP contribution in [0, 0.1) is 12.7 Å². The summed E-state index contributed by atoms with van der Waals surface area (Å²) in [6.45, 7) is 2.97. The molecule has 0 unspecified atom stereocenters. The van der Waals surface area contributed by atoms with Crippen molar-refractivity contribution in [1.82, 2.24) is 15.3 Å². The summed E-state index contributed by atoms with van der Waals surface area (Å²) >= 11 is 0. The zero-order chi connectivity index (χ0) is 19.1. The Morgan fingerprint density at radius 2 is 1.85 bits per heavy atom. The molecule has 0 atom stereocenters. The third kappa shape index (κ3) is 5.34. The third-order valence-electron chi connectivity index (χ3n) is 4.13. The number of amides is 1. The van der Waals surface area contributed by atoms with Crippen LogP contribution in [-0.4, -0.2) is 22.4 Å². The Morgan fingerprint density at radius 1 is 1.07 bits per heavy atom. The van der Waals surface area contributed by atoms with E-state index < -0.39 is 0 Å². The van der Waals surface area contributed by atoms with Crippen LogP contribution in [0.4, 0.5) is 10.2 Å². The van der Waals surface area contributed by atoms with Crippen molar-refractivity contribution in [1.29, 1.82) is 0 Å². The number of hydrogen-bond acceptors (Lipinski definition) is 4. The van der Waals surface area contributed by atoms with E-state index in [-0.39, 0.29) is 17.4 Å². The molecule has 2 N–H and O–H groups in total. The highest BCUT2D eigenvalue weighted by atomic mass is 19.1. The molecule has 5 nitrogen and oxygen atoms in total. The smallest absolute Gasteiger partial charge is 0.270 e. The summed E-state index contributed by atoms with van der Waals surface area (Å²) in [6.07, 6.45) is 1.77. The third-order valence-corrected chi connectivity index (χ3v) is 4.13. The van der Waals surface area contributed by atoms with Crippen LogP contribution in [-0.2, 0) is 13.0 Å². The first-order valence-electron chi connectivity index (χ1n) is 8.75. The van der Waals surface area contributed by atoms with Gasteiger partial charge in [-0.15, -0.1) is 0 Å². The zero-order valence-corrected chi connectivity index (χ0v) is 15.1. The SMILES string of the molecule is Cc1ccc(CNc2cc(C(=O)NCCc3ccccc3F)ncn2)cc1. The summed E-state index contributed by atoms with van der Waals surface area (Å²) in [7, 11) is 0. The molecule has 0 spiro atoms. The zero-order valence-electron chi connectivity index (χ0n) is 15.1. The largest absolute Gasteiger partial charge is 0.366 e. The van der Waals surface area contributed by atoms with Crippen LogP contribution in [0.3, 0.4) is 0 Å². The molecule has 27 heavy (non-hydrogen) atoms. The van der Waals surface area contributed by atoms with E-state index in [1.807, 2.05) is 31.2 Å². The average Bonchev–Trinajstić information content (AvgIpc) is 2.69. The van der Waals surface area contributed by atoms with Crippen molar-refractivity contribution in [2.24, 2.45) is 0 Å². The van der Waals surface area contributed by atoms with Gasteiger partial charge in [-0.1, -0.05) is 48.0 Å². The van der Waals surface area contributed by atoms with E-state index in [9.17, 15) is 9.18 Å². The fraction of sp³-hybridized carbons (Fsp3) is 0.190. The molecule has 138 valence electrons. The fourth-order valence-electron chi connectivity index (χ4n) is 2.58. The predicted octanol–water partition coefficient (Wildman–Crippen LogP) is 3.51. The van der Waals surface area contributed by atoms with E-state index >= 15 is 0 Å². The minimum absolute atomic E-state index is 0.267. The molecule has 1 aromatic heterocycles. The summed E-state index contributed by atoms with van der Waals surface area (Å²) in [4.78, 5) is 20.4. The van der Waals surface area contributed by atoms with Gasteiger partial charge in [0, 0.05) is 19.2 Å². The van der Waals surface area contributed by atoms with Crippen LogP contribution < -0.4 is 10.6 Å². The van der Waals surface area contributed by atoms with Gasteiger partial charge in [-0.05, 0) is 30.5 Å². The lowest BCUT2D eigenvalue weighted by Crippen LogP contribution is -2.27. The second-order valence-corrected chi connectivity index (χ2v) is 6.22. The van der Waals surface area contributed by atoms with Gasteiger partial charge >= 0.3 is 0 Å². The second kappa shape index (κ2) is 8.89. The van der Waals surface area contributed by atoms with E-state index in [1.54, 1.807) is 24.3 Å². The van der Waals surface area contributed by atoms with Gasteiger partial charge in [0.2, 0.25) is 0 Å². The number of aromatic nitrogens is 2. The van der Waals surface area contributed by atoms with E-state index in [4.69, 9.17) is 0 Å². The van der Waals surface area contributed by atoms with E-state index in [0.717, 1.165) is 5.56 Å². The fourth-order valence-corrected chi connectivity index (χ4v) is 2.58. The highest BCUT2D eigenvalue weighted by molar-refractivity contribution is 5.92. The van der Waals surface area contributed by atoms with Gasteiger partial charge in [0.15, 0.2) is 0 Å². The Balaban J connectivity index is 1.53. The summed E-state index contributed by atoms with van der Waals surface area (Å²) in [5.41, 5.74) is 3.16. The molecule has 0 radical (unpaired) electrons. The second-order valence-electron chi connectivity index (χ2n) is 6.22. The summed E-state index contributed by atoms with van der Waals surface area (Å²) in [5.74, 6) is -0.00617. The van der Waals surface area contributed by atoms with Crippen molar-refractivity contribution in [3.63, 3.8) is 0 Å². The topological polar surface area (TPSA) is 66.9 Å². The maximum Gasteiger partial charge on any atom is 0.270 e. The highest BCUT2D eigenvalue weighted by Crippen LogP contribution is 2.09. The van der Waals surface area contributed by atoms with Crippen LogP contribution in [0.25, 0.3) is 0 Å². The summed E-state index contributed by atoms with van der Waals surface area (Å²) in [5, 5.41) is 5.94. The first kappa shape index (κ1) is 18.5. The number of halogens is 1. The van der Waals surface area contributed by atoms with Gasteiger partial charge in [0.25, 0.3) is 5.91 Å². The molecule has 3 rings (SSSR count). The Kier molecular flexibility index (Phi) is 6.10. The van der Waals surface area contributed by atoms with Crippen LogP contribution in [0.5, 0.6) is 0 Å². The number of benzene rings is 2. The number of carbonyl (C=O) groups excluding carboxylic acids is 1. The van der Waals surface area contributed by atoms with E-state index in [2.05, 4.69) is 20.6 Å². The molecular weight excluding hydrogens is 343 g/mol. The lowest BCUT2D eigenvalue weighted by Gasteiger charge is -2.08. The van der Waals surface area contributed by atoms with Crippen molar-refractivity contribution in [3.05, 3.63) is 89.1 Å². The number of rotatable bonds is 7. The highest BCUT2D eigenvalue weighted by Gasteiger charge is 2.09. The van der Waals surface area contributed by atoms with E-state index in [1.165, 1.54) is 18.0 Å². The molecular formula is C21H21FN4O. The summed E-state index contributed by atoms with van der Waals surface area (Å²) < 4.78 is 13.6. The molecule has 0 aliphatic rings. The monoisotopic (exact) mass is 364 g/mol. The number of hydrogen-bond donors (Lipinski definition) is 2. The normalized spacial score (nSPS) is 10.4. The molecule has 0 fully saturated rings. The van der Waals surface area contributed by atoms with Gasteiger partial charge in [-0.3, -0.25) is 4.79 Å². The maximum absolute atomic E-state index is 13.6. The lowest BCUT2D eigenvalue weighted by molar-refractivity contribution is 0.0949. The van der Waals surface area contributed by atoms with Gasteiger partial charge in [0.1, 0.15) is 23.7 Å². The molecule has 0 saturated carbocycles. The van der Waals surface area contributed by atoms with Crippen molar-refractivity contribution in [2.45, 2.75) is 19.9 Å². The standard InChI is InChI=1S/C21H21FN4O/c1-15-6-8-16(9-7-15)13-24-20-12-19(25-14-26-20)21(27)23-11-10-17-4-2-3-5-18(17)22/h2-9,12,14H,10-11,13H2,1H3,(H,23,27)(H,24,25,26). The number of aryl methyl sites for hydroxylation is 1. The molecule has 0 aliphatic heterocycles. The van der Waals surface area contributed by atoms with Crippen LogP contribution >= 0.6 is 0 Å². The summed E-state index contributed by atoms with van der Waals surface area (Å²) in [6, 6.07) is 16.3. The Labute approximate surface area is 157 Å². The predicted molar refractivity (Wildman–Crippen MR) is 103 cm³/mol. The first-order chi connectivity index (χ1) is 13.1. The van der Waals surface area contributed by atoms with Crippen LogP contribution in [0.2, 0.25) is 0 Å². The molecule has 0 aliphatic carbocycles. The van der Waals surface area contributed by atoms with Crippen molar-refractivity contribution in [2.75, 3.05) is 11.9 Å². The quantitative estimate of drug-likeness (QED) is 0.673. The van der Waals surface area contributed by atoms with Crippen LogP contribution in [0.1, 0.15) is 27.2 Å². The van der Waals surface area contributed by atoms with E-state index in [0.29, 0.717) is 30.9 Å². The van der Waals surface area contributed by atoms with Gasteiger partial charge in [-0.25, -0.2) is 14.4 Å². The molecule has 3 aromatic rings. The Morgan fingerprint density at radius 3 is 2.63 bits per heavy atom. The number of carbonyl (C=O) groups is 1. The van der Waals surface area contributed by atoms with Crippen molar-refractivity contribution < 1.29 is 9.18 Å². The minimum atomic E-state index is -0.313. The molecule has 0 saturated heterocycles. The molecule has 6 heteroatoms. The first-order valence-corrected chi connectivity index (χ1v) is 8.75. The molecule has 0 bridgehead atoms. The maximum atomic E-state index is 13.6. The van der Waals surface area contributed by atoms with Crippen molar-refractivity contribution in [3.8, 4) is 0 Å². The number of nitrogens with zero attached hydrogens (tertiary/aromatic N) is 2. The van der Waals surface area contributed by atoms with Gasteiger partial charge in [0.05, 0.1) is 0 Å². The molecule has 1 amide bonds. The molecule has 2 aromatic carbocycles. The minimum Gasteiger partial charge on any atom is -0.366 e. The van der Waals surface area contributed by atoms with Crippen LogP contribution in [0.15, 0.2) is 60.9 Å². The lowest BCUT2D eigenvalue weighted by atomic mass is 10.1. The average molecular weight is 364 g/mol. The van der Waals surface area contributed by atoms with Gasteiger partial charge < -0.3 is 10.6 Å².